The lowest BCUT2D eigenvalue weighted by Gasteiger charge is -2.20. The van der Waals surface area contributed by atoms with Crippen LogP contribution in [0.2, 0.25) is 0 Å². The molecular formula is C12H22N2O2. The number of amides is 2. The Morgan fingerprint density at radius 3 is 2.56 bits per heavy atom. The Labute approximate surface area is 97.4 Å². The first-order chi connectivity index (χ1) is 7.65. The van der Waals surface area contributed by atoms with Crippen LogP contribution in [0, 0.1) is 0 Å². The van der Waals surface area contributed by atoms with Crippen LogP contribution < -0.4 is 5.32 Å². The predicted octanol–water partition coefficient (Wildman–Crippen LogP) is 1.30. The van der Waals surface area contributed by atoms with E-state index in [4.69, 9.17) is 0 Å². The number of unbranched alkanes of at least 4 members (excludes halogenated alkanes) is 1. The molecule has 0 unspecified atom stereocenters. The normalized spacial score (nSPS) is 14.6. The first-order valence-electron chi connectivity index (χ1n) is 6.19. The summed E-state index contributed by atoms with van der Waals surface area (Å²) in [7, 11) is 0. The van der Waals surface area contributed by atoms with Gasteiger partial charge in [-0.1, -0.05) is 13.3 Å². The first-order valence-corrected chi connectivity index (χ1v) is 6.19. The van der Waals surface area contributed by atoms with Gasteiger partial charge in [0.1, 0.15) is 0 Å². The second kappa shape index (κ2) is 6.51. The van der Waals surface area contributed by atoms with Gasteiger partial charge in [0.15, 0.2) is 0 Å². The van der Waals surface area contributed by atoms with Gasteiger partial charge >= 0.3 is 0 Å². The number of hydrogen-bond donors (Lipinski definition) is 1. The van der Waals surface area contributed by atoms with Gasteiger partial charge in [-0.2, -0.15) is 0 Å². The van der Waals surface area contributed by atoms with Crippen molar-refractivity contribution in [1.82, 2.24) is 10.2 Å². The standard InChI is InChI=1S/C12H22N2O2/c1-3-4-8-13-12(16)7-9-14(10(2)15)11-5-6-11/h11H,3-9H2,1-2H3,(H,13,16). The lowest BCUT2D eigenvalue weighted by atomic mass is 10.3. The molecule has 2 amide bonds. The molecule has 0 radical (unpaired) electrons. The van der Waals surface area contributed by atoms with Gasteiger partial charge in [-0.3, -0.25) is 9.59 Å². The monoisotopic (exact) mass is 226 g/mol. The molecule has 0 bridgehead atoms. The van der Waals surface area contributed by atoms with Gasteiger partial charge in [0.2, 0.25) is 11.8 Å². The fourth-order valence-electron chi connectivity index (χ4n) is 1.70. The van der Waals surface area contributed by atoms with E-state index in [2.05, 4.69) is 12.2 Å². The molecule has 4 nitrogen and oxygen atoms in total. The fourth-order valence-corrected chi connectivity index (χ4v) is 1.70. The lowest BCUT2D eigenvalue weighted by Crippen LogP contribution is -2.35. The fraction of sp³-hybridized carbons (Fsp3) is 0.833. The van der Waals surface area contributed by atoms with Crippen molar-refractivity contribution in [3.63, 3.8) is 0 Å². The van der Waals surface area contributed by atoms with E-state index in [0.717, 1.165) is 32.2 Å². The molecule has 0 atom stereocenters. The summed E-state index contributed by atoms with van der Waals surface area (Å²) in [5, 5.41) is 2.86. The molecule has 4 heteroatoms. The van der Waals surface area contributed by atoms with E-state index in [1.165, 1.54) is 0 Å². The maximum atomic E-state index is 11.4. The van der Waals surface area contributed by atoms with E-state index in [1.807, 2.05) is 4.90 Å². The molecule has 0 aromatic heterocycles. The minimum Gasteiger partial charge on any atom is -0.356 e. The van der Waals surface area contributed by atoms with E-state index in [0.29, 0.717) is 19.0 Å². The predicted molar refractivity (Wildman–Crippen MR) is 62.9 cm³/mol. The van der Waals surface area contributed by atoms with Crippen LogP contribution in [-0.2, 0) is 9.59 Å². The zero-order chi connectivity index (χ0) is 12.0. The number of nitrogens with zero attached hydrogens (tertiary/aromatic N) is 1. The van der Waals surface area contributed by atoms with E-state index < -0.39 is 0 Å². The maximum Gasteiger partial charge on any atom is 0.221 e. The van der Waals surface area contributed by atoms with Crippen LogP contribution in [0.25, 0.3) is 0 Å². The zero-order valence-corrected chi connectivity index (χ0v) is 10.3. The average molecular weight is 226 g/mol. The van der Waals surface area contributed by atoms with E-state index >= 15 is 0 Å². The highest BCUT2D eigenvalue weighted by molar-refractivity contribution is 5.78. The van der Waals surface area contributed by atoms with Crippen molar-refractivity contribution in [1.29, 1.82) is 0 Å². The van der Waals surface area contributed by atoms with Crippen LogP contribution in [0.5, 0.6) is 0 Å². The second-order valence-electron chi connectivity index (χ2n) is 4.40. The molecule has 1 aliphatic rings. The summed E-state index contributed by atoms with van der Waals surface area (Å²) < 4.78 is 0. The summed E-state index contributed by atoms with van der Waals surface area (Å²) in [5.74, 6) is 0.143. The van der Waals surface area contributed by atoms with Crippen LogP contribution >= 0.6 is 0 Å². The van der Waals surface area contributed by atoms with Crippen LogP contribution in [0.4, 0.5) is 0 Å². The highest BCUT2D eigenvalue weighted by Gasteiger charge is 2.30. The summed E-state index contributed by atoms with van der Waals surface area (Å²) >= 11 is 0. The molecule has 16 heavy (non-hydrogen) atoms. The number of carbonyl (C=O) groups is 2. The Kier molecular flexibility index (Phi) is 5.29. The van der Waals surface area contributed by atoms with Gasteiger partial charge in [0.25, 0.3) is 0 Å². The van der Waals surface area contributed by atoms with Crippen molar-refractivity contribution < 1.29 is 9.59 Å². The van der Waals surface area contributed by atoms with Crippen molar-refractivity contribution in [3.05, 3.63) is 0 Å². The molecule has 92 valence electrons. The summed E-state index contributed by atoms with van der Waals surface area (Å²) in [5.41, 5.74) is 0. The molecule has 0 saturated heterocycles. The quantitative estimate of drug-likeness (QED) is 0.665. The smallest absolute Gasteiger partial charge is 0.221 e. The van der Waals surface area contributed by atoms with Gasteiger partial charge in [0.05, 0.1) is 0 Å². The third-order valence-electron chi connectivity index (χ3n) is 2.82. The van der Waals surface area contributed by atoms with E-state index in [1.54, 1.807) is 6.92 Å². The Bertz CT molecular complexity index is 249. The molecule has 1 N–H and O–H groups in total. The van der Waals surface area contributed by atoms with E-state index in [9.17, 15) is 9.59 Å². The second-order valence-corrected chi connectivity index (χ2v) is 4.40. The Morgan fingerprint density at radius 2 is 2.06 bits per heavy atom. The first kappa shape index (κ1) is 13.0. The molecule has 1 fully saturated rings. The molecule has 0 aliphatic heterocycles. The van der Waals surface area contributed by atoms with Gasteiger partial charge < -0.3 is 10.2 Å². The van der Waals surface area contributed by atoms with Crippen molar-refractivity contribution in [2.45, 2.75) is 52.0 Å². The average Bonchev–Trinajstić information content (AvgIpc) is 3.02. The number of hydrogen-bond acceptors (Lipinski definition) is 2. The van der Waals surface area contributed by atoms with Crippen LogP contribution in [0.3, 0.4) is 0 Å². The lowest BCUT2D eigenvalue weighted by molar-refractivity contribution is -0.130. The van der Waals surface area contributed by atoms with Crippen molar-refractivity contribution >= 4 is 11.8 Å². The van der Waals surface area contributed by atoms with Crippen LogP contribution in [0.1, 0.15) is 46.0 Å². The molecule has 1 rings (SSSR count). The molecule has 1 aliphatic carbocycles. The highest BCUT2D eigenvalue weighted by Crippen LogP contribution is 2.26. The minimum atomic E-state index is 0.0559. The van der Waals surface area contributed by atoms with Crippen LogP contribution in [-0.4, -0.2) is 35.8 Å². The molecule has 0 spiro atoms. The molecule has 1 saturated carbocycles. The number of nitrogens with one attached hydrogen (secondary N) is 1. The third-order valence-corrected chi connectivity index (χ3v) is 2.82. The van der Waals surface area contributed by atoms with E-state index in [-0.39, 0.29) is 11.8 Å². The summed E-state index contributed by atoms with van der Waals surface area (Å²) in [6.45, 7) is 4.99. The molecule has 0 aromatic rings. The number of carbonyl (C=O) groups excluding carboxylic acids is 2. The van der Waals surface area contributed by atoms with Gasteiger partial charge in [-0.15, -0.1) is 0 Å². The van der Waals surface area contributed by atoms with Gasteiger partial charge in [0, 0.05) is 32.5 Å². The van der Waals surface area contributed by atoms with Crippen LogP contribution in [0.15, 0.2) is 0 Å². The highest BCUT2D eigenvalue weighted by atomic mass is 16.2. The molecule has 0 aromatic carbocycles. The summed E-state index contributed by atoms with van der Waals surface area (Å²) in [4.78, 5) is 24.6. The van der Waals surface area contributed by atoms with Gasteiger partial charge in [-0.05, 0) is 19.3 Å². The minimum absolute atomic E-state index is 0.0559. The van der Waals surface area contributed by atoms with Gasteiger partial charge in [-0.25, -0.2) is 0 Å². The Hall–Kier alpha value is -1.06. The number of rotatable bonds is 7. The third kappa shape index (κ3) is 4.64. The SMILES string of the molecule is CCCCNC(=O)CCN(C(C)=O)C1CC1. The summed E-state index contributed by atoms with van der Waals surface area (Å²) in [6, 6.07) is 0.404. The summed E-state index contributed by atoms with van der Waals surface area (Å²) in [6.07, 6.45) is 4.72. The maximum absolute atomic E-state index is 11.4. The topological polar surface area (TPSA) is 49.4 Å². The molecule has 0 heterocycles. The Balaban J connectivity index is 2.16. The van der Waals surface area contributed by atoms with Crippen molar-refractivity contribution in [3.8, 4) is 0 Å². The zero-order valence-electron chi connectivity index (χ0n) is 10.3. The largest absolute Gasteiger partial charge is 0.356 e. The molecular weight excluding hydrogens is 204 g/mol. The Morgan fingerprint density at radius 1 is 1.38 bits per heavy atom. The van der Waals surface area contributed by atoms with Crippen molar-refractivity contribution in [2.75, 3.05) is 13.1 Å². The van der Waals surface area contributed by atoms with Crippen molar-refractivity contribution in [2.24, 2.45) is 0 Å².